The van der Waals surface area contributed by atoms with Gasteiger partial charge >= 0.3 is 12.0 Å². The van der Waals surface area contributed by atoms with Crippen molar-refractivity contribution in [3.8, 4) is 0 Å². The van der Waals surface area contributed by atoms with Crippen LogP contribution in [0.1, 0.15) is 23.0 Å². The lowest BCUT2D eigenvalue weighted by Crippen LogP contribution is -2.49. The number of carboxylic acid groups (broad SMARTS) is 1. The smallest absolute Gasteiger partial charge is 0.371 e. The van der Waals surface area contributed by atoms with Crippen LogP contribution in [-0.2, 0) is 12.4 Å². The van der Waals surface area contributed by atoms with Crippen molar-refractivity contribution in [3.05, 3.63) is 59.9 Å². The number of nitrogens with zero attached hydrogens (tertiary/aromatic N) is 4. The van der Waals surface area contributed by atoms with Crippen molar-refractivity contribution in [1.82, 2.24) is 15.8 Å². The van der Waals surface area contributed by atoms with Gasteiger partial charge in [-0.3, -0.25) is 10.4 Å². The van der Waals surface area contributed by atoms with Crippen LogP contribution >= 0.6 is 12.2 Å². The van der Waals surface area contributed by atoms with E-state index in [-0.39, 0.29) is 16.4 Å². The number of hydrazine groups is 1. The average molecular weight is 402 g/mol. The van der Waals surface area contributed by atoms with E-state index in [1.165, 1.54) is 18.2 Å². The molecule has 0 aliphatic rings. The highest BCUT2D eigenvalue weighted by Crippen LogP contribution is 2.15. The summed E-state index contributed by atoms with van der Waals surface area (Å²) >= 11 is 9.61. The van der Waals surface area contributed by atoms with E-state index < -0.39 is 12.0 Å². The summed E-state index contributed by atoms with van der Waals surface area (Å²) in [6.07, 6.45) is 1.63. The summed E-state index contributed by atoms with van der Waals surface area (Å²) < 4.78 is 3.08. The number of thiocarbonyl (C=S) groups is 1. The van der Waals surface area contributed by atoms with Gasteiger partial charge in [0.2, 0.25) is 5.11 Å². The van der Waals surface area contributed by atoms with Gasteiger partial charge in [-0.15, -0.1) is 4.36 Å². The topological polar surface area (TPSA) is 119 Å². The molecule has 0 saturated carbocycles. The van der Waals surface area contributed by atoms with Gasteiger partial charge in [0, 0.05) is 18.6 Å². The third-order valence-electron chi connectivity index (χ3n) is 3.20. The van der Waals surface area contributed by atoms with Crippen LogP contribution in [0.25, 0.3) is 0 Å². The summed E-state index contributed by atoms with van der Waals surface area (Å²) in [4.78, 5) is 26.9. The van der Waals surface area contributed by atoms with Gasteiger partial charge in [-0.2, -0.15) is 5.10 Å². The third kappa shape index (κ3) is 5.59. The minimum Gasteiger partial charge on any atom is -0.478 e. The number of hydrazone groups is 1. The fourth-order valence-corrected chi connectivity index (χ4v) is 2.18. The minimum atomic E-state index is -1.13. The number of hydrogen-bond donors (Lipinski definition) is 3. The molecular weight excluding hydrogens is 388 g/mol. The molecule has 11 heteroatoms. The van der Waals surface area contributed by atoms with Crippen LogP contribution in [0.15, 0.2) is 58.1 Å². The SMILES string of the molecule is CC(=NNC(=S)N(NC(=O)N=S)c1cccc(C(=O)O)c1)c1ccccn1. The largest absolute Gasteiger partial charge is 0.478 e. The van der Waals surface area contributed by atoms with Gasteiger partial charge in [-0.05, 0) is 49.5 Å². The second-order valence-electron chi connectivity index (χ2n) is 5.03. The monoisotopic (exact) mass is 402 g/mol. The van der Waals surface area contributed by atoms with Crippen LogP contribution in [0.4, 0.5) is 10.5 Å². The number of aromatic carboxylic acids is 1. The zero-order valence-electron chi connectivity index (χ0n) is 14.0. The van der Waals surface area contributed by atoms with Crippen LogP contribution in [0.2, 0.25) is 0 Å². The Balaban J connectivity index is 2.26. The first-order valence-electron chi connectivity index (χ1n) is 7.45. The fraction of sp³-hybridized carbons (Fsp3) is 0.0625. The van der Waals surface area contributed by atoms with Crippen LogP contribution in [0, 0.1) is 0 Å². The van der Waals surface area contributed by atoms with Crippen molar-refractivity contribution in [2.24, 2.45) is 9.46 Å². The molecule has 0 radical (unpaired) electrons. The Hall–Kier alpha value is -3.31. The lowest BCUT2D eigenvalue weighted by molar-refractivity contribution is 0.0697. The van der Waals surface area contributed by atoms with Gasteiger partial charge in [0.15, 0.2) is 0 Å². The molecule has 138 valence electrons. The Labute approximate surface area is 165 Å². The molecule has 0 atom stereocenters. The molecule has 0 aliphatic heterocycles. The van der Waals surface area contributed by atoms with E-state index in [4.69, 9.17) is 17.3 Å². The number of hydrogen-bond acceptors (Lipinski definition) is 6. The Bertz CT molecular complexity index is 904. The Kier molecular flexibility index (Phi) is 6.97. The highest BCUT2D eigenvalue weighted by molar-refractivity contribution is 7.80. The third-order valence-corrected chi connectivity index (χ3v) is 3.64. The lowest BCUT2D eigenvalue weighted by Gasteiger charge is -2.24. The molecule has 0 aliphatic carbocycles. The second kappa shape index (κ2) is 9.40. The van der Waals surface area contributed by atoms with Crippen molar-refractivity contribution in [3.63, 3.8) is 0 Å². The van der Waals surface area contributed by atoms with E-state index in [2.05, 4.69) is 37.7 Å². The van der Waals surface area contributed by atoms with Gasteiger partial charge in [0.25, 0.3) is 0 Å². The number of nitrogens with one attached hydrogen (secondary N) is 2. The highest BCUT2D eigenvalue weighted by Gasteiger charge is 2.16. The standard InChI is InChI=1S/C16H14N6O3S2/c1-10(13-7-2-3-8-17-13)18-19-16(26)22(20-15(25)21-27)12-6-4-5-11(9-12)14(23)24/h2-9H,1H3,(H,19,26)(H,20,25)(H,23,24). The van der Waals surface area contributed by atoms with Gasteiger partial charge in [0.05, 0.1) is 22.7 Å². The fourth-order valence-electron chi connectivity index (χ4n) is 1.94. The summed E-state index contributed by atoms with van der Waals surface area (Å²) in [7, 11) is 0. The van der Waals surface area contributed by atoms with Crippen LogP contribution in [0.3, 0.4) is 0 Å². The molecular formula is C16H14N6O3S2. The number of anilines is 1. The maximum Gasteiger partial charge on any atom is 0.371 e. The highest BCUT2D eigenvalue weighted by atomic mass is 32.1. The summed E-state index contributed by atoms with van der Waals surface area (Å²) in [6.45, 7) is 1.73. The molecule has 2 aromatic rings. The molecule has 0 fully saturated rings. The predicted octanol–water partition coefficient (Wildman–Crippen LogP) is 2.24. The molecule has 0 bridgehead atoms. The Morgan fingerprint density at radius 3 is 2.63 bits per heavy atom. The van der Waals surface area contributed by atoms with E-state index in [0.717, 1.165) is 5.01 Å². The first-order valence-corrected chi connectivity index (χ1v) is 8.23. The average Bonchev–Trinajstić information content (AvgIpc) is 2.70. The van der Waals surface area contributed by atoms with E-state index in [9.17, 15) is 9.59 Å². The number of benzene rings is 1. The van der Waals surface area contributed by atoms with Gasteiger partial charge in [-0.1, -0.05) is 12.1 Å². The molecule has 9 nitrogen and oxygen atoms in total. The molecule has 2 amide bonds. The van der Waals surface area contributed by atoms with E-state index in [0.29, 0.717) is 11.4 Å². The van der Waals surface area contributed by atoms with Gasteiger partial charge in [0.1, 0.15) is 0 Å². The first-order chi connectivity index (χ1) is 12.9. The van der Waals surface area contributed by atoms with E-state index in [1.807, 2.05) is 6.07 Å². The normalized spacial score (nSPS) is 10.6. The second-order valence-corrected chi connectivity index (χ2v) is 5.60. The van der Waals surface area contributed by atoms with Crippen molar-refractivity contribution in [2.75, 3.05) is 5.01 Å². The number of pyridine rings is 1. The van der Waals surface area contributed by atoms with Crippen LogP contribution < -0.4 is 15.9 Å². The zero-order chi connectivity index (χ0) is 19.8. The molecule has 1 aromatic carbocycles. The molecule has 0 saturated heterocycles. The van der Waals surface area contributed by atoms with Crippen LogP contribution in [0.5, 0.6) is 0 Å². The van der Waals surface area contributed by atoms with Crippen molar-refractivity contribution >= 4 is 53.2 Å². The van der Waals surface area contributed by atoms with Gasteiger partial charge < -0.3 is 5.11 Å². The quantitative estimate of drug-likeness (QED) is 0.405. The molecule has 27 heavy (non-hydrogen) atoms. The summed E-state index contributed by atoms with van der Waals surface area (Å²) in [5.74, 6) is -1.13. The summed E-state index contributed by atoms with van der Waals surface area (Å²) in [5.41, 5.74) is 6.46. The van der Waals surface area contributed by atoms with E-state index in [1.54, 1.807) is 31.3 Å². The number of aromatic nitrogens is 1. The Morgan fingerprint density at radius 1 is 1.22 bits per heavy atom. The summed E-state index contributed by atoms with van der Waals surface area (Å²) in [6, 6.07) is 10.3. The Morgan fingerprint density at radius 2 is 2.00 bits per heavy atom. The maximum atomic E-state index is 11.6. The molecule has 1 aromatic heterocycles. The number of carboxylic acids is 1. The minimum absolute atomic E-state index is 0.0121. The van der Waals surface area contributed by atoms with Crippen molar-refractivity contribution in [2.45, 2.75) is 6.92 Å². The molecule has 3 N–H and O–H groups in total. The van der Waals surface area contributed by atoms with Crippen LogP contribution in [-0.4, -0.2) is 32.9 Å². The number of rotatable bonds is 4. The van der Waals surface area contributed by atoms with E-state index >= 15 is 0 Å². The number of carbonyl (C=O) groups excluding carboxylic acids is 1. The predicted molar refractivity (Wildman–Crippen MR) is 106 cm³/mol. The lowest BCUT2D eigenvalue weighted by atomic mass is 10.2. The molecule has 0 spiro atoms. The zero-order valence-corrected chi connectivity index (χ0v) is 15.6. The number of urea groups is 1. The molecule has 0 unspecified atom stereocenters. The number of amides is 2. The van der Waals surface area contributed by atoms with Crippen molar-refractivity contribution in [1.29, 1.82) is 0 Å². The molecule has 1 heterocycles. The molecule has 2 rings (SSSR count). The van der Waals surface area contributed by atoms with Gasteiger partial charge in [-0.25, -0.2) is 20.0 Å². The maximum absolute atomic E-state index is 11.6. The first kappa shape index (κ1) is 20.0. The number of carbonyl (C=O) groups is 2. The summed E-state index contributed by atoms with van der Waals surface area (Å²) in [5, 5.41) is 14.4. The van der Waals surface area contributed by atoms with Crippen molar-refractivity contribution < 1.29 is 14.7 Å².